The number of hydrogen-bond acceptors (Lipinski definition) is 3. The summed E-state index contributed by atoms with van der Waals surface area (Å²) in [6, 6.07) is 4.52. The molecule has 0 amide bonds. The molecule has 0 fully saturated rings. The summed E-state index contributed by atoms with van der Waals surface area (Å²) in [5.41, 5.74) is 3.68. The first-order valence-electron chi connectivity index (χ1n) is 4.96. The molecule has 0 aliphatic rings. The third-order valence-electron chi connectivity index (χ3n) is 2.09. The number of rotatable bonds is 6. The predicted molar refractivity (Wildman–Crippen MR) is 60.8 cm³/mol. The molecular weight excluding hydrogens is 233 g/mol. The van der Waals surface area contributed by atoms with E-state index < -0.39 is 5.82 Å². The summed E-state index contributed by atoms with van der Waals surface area (Å²) in [6.07, 6.45) is 0. The van der Waals surface area contributed by atoms with E-state index in [-0.39, 0.29) is 11.1 Å². The van der Waals surface area contributed by atoms with Crippen molar-refractivity contribution in [3.8, 4) is 0 Å². The molecule has 3 nitrogen and oxygen atoms in total. The number of hydroxylamine groups is 1. The zero-order valence-corrected chi connectivity index (χ0v) is 10.1. The number of halogens is 2. The molecule has 5 heteroatoms. The number of ether oxygens (including phenoxy) is 1. The van der Waals surface area contributed by atoms with Gasteiger partial charge >= 0.3 is 0 Å². The summed E-state index contributed by atoms with van der Waals surface area (Å²) in [5, 5.41) is 0.114. The maximum atomic E-state index is 12.9. The van der Waals surface area contributed by atoms with Gasteiger partial charge in [-0.05, 0) is 24.6 Å². The van der Waals surface area contributed by atoms with Crippen molar-refractivity contribution in [2.45, 2.75) is 13.0 Å². The van der Waals surface area contributed by atoms with Crippen LogP contribution in [0.3, 0.4) is 0 Å². The van der Waals surface area contributed by atoms with Gasteiger partial charge in [-0.25, -0.2) is 4.39 Å². The van der Waals surface area contributed by atoms with Gasteiger partial charge in [0, 0.05) is 7.11 Å². The number of methoxy groups -OCH3 is 1. The van der Waals surface area contributed by atoms with Crippen LogP contribution in [0.5, 0.6) is 0 Å². The van der Waals surface area contributed by atoms with Gasteiger partial charge in [0.15, 0.2) is 0 Å². The largest absolute Gasteiger partial charge is 0.382 e. The molecule has 90 valence electrons. The van der Waals surface area contributed by atoms with E-state index in [9.17, 15) is 4.39 Å². The molecule has 16 heavy (non-hydrogen) atoms. The van der Waals surface area contributed by atoms with Crippen molar-refractivity contribution < 1.29 is 14.0 Å². The molecule has 1 N–H and O–H groups in total. The van der Waals surface area contributed by atoms with Crippen LogP contribution in [0, 0.1) is 5.82 Å². The second-order valence-electron chi connectivity index (χ2n) is 3.35. The first-order chi connectivity index (χ1) is 7.65. The van der Waals surface area contributed by atoms with E-state index >= 15 is 0 Å². The lowest BCUT2D eigenvalue weighted by molar-refractivity contribution is -0.00925. The van der Waals surface area contributed by atoms with Gasteiger partial charge in [-0.1, -0.05) is 17.7 Å². The van der Waals surface area contributed by atoms with Gasteiger partial charge in [-0.3, -0.25) is 4.84 Å². The maximum absolute atomic E-state index is 12.9. The fourth-order valence-electron chi connectivity index (χ4n) is 1.16. The van der Waals surface area contributed by atoms with E-state index in [1.807, 2.05) is 6.92 Å². The van der Waals surface area contributed by atoms with E-state index in [1.54, 1.807) is 19.2 Å². The van der Waals surface area contributed by atoms with Gasteiger partial charge in [-0.15, -0.1) is 0 Å². The van der Waals surface area contributed by atoms with Gasteiger partial charge in [0.05, 0.1) is 24.3 Å². The van der Waals surface area contributed by atoms with Crippen LogP contribution in [0.1, 0.15) is 18.5 Å². The Morgan fingerprint density at radius 3 is 2.81 bits per heavy atom. The molecule has 1 atom stereocenters. The molecule has 0 spiro atoms. The molecule has 0 heterocycles. The summed E-state index contributed by atoms with van der Waals surface area (Å²) in [4.78, 5) is 5.15. The Morgan fingerprint density at radius 1 is 1.44 bits per heavy atom. The number of hydrogen-bond donors (Lipinski definition) is 1. The predicted octanol–water partition coefficient (Wildman–Crippen LogP) is 2.71. The van der Waals surface area contributed by atoms with Crippen molar-refractivity contribution in [3.05, 3.63) is 34.6 Å². The summed E-state index contributed by atoms with van der Waals surface area (Å²) < 4.78 is 17.7. The van der Waals surface area contributed by atoms with Crippen LogP contribution in [0.4, 0.5) is 4.39 Å². The molecule has 1 aromatic rings. The second kappa shape index (κ2) is 6.81. The summed E-state index contributed by atoms with van der Waals surface area (Å²) in [7, 11) is 1.60. The lowest BCUT2D eigenvalue weighted by Crippen LogP contribution is -2.21. The van der Waals surface area contributed by atoms with Crippen LogP contribution >= 0.6 is 11.6 Å². The van der Waals surface area contributed by atoms with Crippen molar-refractivity contribution >= 4 is 11.6 Å². The van der Waals surface area contributed by atoms with Gasteiger partial charge in [-0.2, -0.15) is 5.48 Å². The van der Waals surface area contributed by atoms with E-state index in [1.165, 1.54) is 6.07 Å². The Morgan fingerprint density at radius 2 is 2.19 bits per heavy atom. The molecule has 1 unspecified atom stereocenters. The molecule has 1 rings (SSSR count). The van der Waals surface area contributed by atoms with Crippen molar-refractivity contribution in [2.24, 2.45) is 0 Å². The smallest absolute Gasteiger partial charge is 0.141 e. The molecule has 0 aromatic heterocycles. The van der Waals surface area contributed by atoms with E-state index in [0.29, 0.717) is 13.2 Å². The minimum Gasteiger partial charge on any atom is -0.382 e. The van der Waals surface area contributed by atoms with E-state index in [0.717, 1.165) is 5.56 Å². The minimum atomic E-state index is -0.419. The van der Waals surface area contributed by atoms with Gasteiger partial charge in [0.25, 0.3) is 0 Å². The Hall–Kier alpha value is -0.680. The third kappa shape index (κ3) is 4.06. The lowest BCUT2D eigenvalue weighted by Gasteiger charge is -2.14. The molecule has 0 radical (unpaired) electrons. The van der Waals surface area contributed by atoms with E-state index in [4.69, 9.17) is 21.2 Å². The molecule has 0 bridgehead atoms. The number of benzene rings is 1. The Labute approximate surface area is 99.5 Å². The van der Waals surface area contributed by atoms with Crippen LogP contribution in [-0.4, -0.2) is 20.3 Å². The van der Waals surface area contributed by atoms with Gasteiger partial charge in [0.2, 0.25) is 0 Å². The van der Waals surface area contributed by atoms with Gasteiger partial charge in [0.1, 0.15) is 5.82 Å². The van der Waals surface area contributed by atoms with Crippen LogP contribution in [0.15, 0.2) is 18.2 Å². The first kappa shape index (κ1) is 13.4. The van der Waals surface area contributed by atoms with Gasteiger partial charge < -0.3 is 4.74 Å². The van der Waals surface area contributed by atoms with Crippen LogP contribution < -0.4 is 5.48 Å². The Kier molecular flexibility index (Phi) is 5.69. The van der Waals surface area contributed by atoms with Crippen molar-refractivity contribution in [3.63, 3.8) is 0 Å². The highest BCUT2D eigenvalue weighted by Crippen LogP contribution is 2.20. The maximum Gasteiger partial charge on any atom is 0.141 e. The standard InChI is InChI=1S/C11H15ClFNO2/c1-8(14-16-6-5-15-2)9-3-4-11(13)10(12)7-9/h3-4,7-8,14H,5-6H2,1-2H3. The molecule has 0 saturated heterocycles. The summed E-state index contributed by atoms with van der Waals surface area (Å²) in [5.74, 6) is -0.419. The van der Waals surface area contributed by atoms with Crippen LogP contribution in [0.2, 0.25) is 5.02 Å². The number of nitrogens with one attached hydrogen (secondary N) is 1. The summed E-state index contributed by atoms with van der Waals surface area (Å²) in [6.45, 7) is 2.87. The van der Waals surface area contributed by atoms with Crippen LogP contribution in [-0.2, 0) is 9.57 Å². The lowest BCUT2D eigenvalue weighted by atomic mass is 10.1. The topological polar surface area (TPSA) is 30.5 Å². The third-order valence-corrected chi connectivity index (χ3v) is 2.38. The molecular formula is C11H15ClFNO2. The first-order valence-corrected chi connectivity index (χ1v) is 5.34. The SMILES string of the molecule is COCCONC(C)c1ccc(F)c(Cl)c1. The van der Waals surface area contributed by atoms with Crippen molar-refractivity contribution in [1.29, 1.82) is 0 Å². The normalized spacial score (nSPS) is 12.8. The fraction of sp³-hybridized carbons (Fsp3) is 0.455. The average molecular weight is 248 g/mol. The Balaban J connectivity index is 2.46. The average Bonchev–Trinajstić information content (AvgIpc) is 2.28. The van der Waals surface area contributed by atoms with Crippen LogP contribution in [0.25, 0.3) is 0 Å². The summed E-state index contributed by atoms with van der Waals surface area (Å²) >= 11 is 5.68. The zero-order chi connectivity index (χ0) is 12.0. The molecule has 0 aliphatic heterocycles. The minimum absolute atomic E-state index is 0.0602. The quantitative estimate of drug-likeness (QED) is 0.619. The zero-order valence-electron chi connectivity index (χ0n) is 9.30. The highest BCUT2D eigenvalue weighted by Gasteiger charge is 2.07. The molecule has 0 saturated carbocycles. The fourth-order valence-corrected chi connectivity index (χ4v) is 1.35. The van der Waals surface area contributed by atoms with Crippen molar-refractivity contribution in [2.75, 3.05) is 20.3 Å². The second-order valence-corrected chi connectivity index (χ2v) is 3.76. The highest BCUT2D eigenvalue weighted by molar-refractivity contribution is 6.30. The molecule has 1 aromatic carbocycles. The van der Waals surface area contributed by atoms with Crippen molar-refractivity contribution in [1.82, 2.24) is 5.48 Å². The molecule has 0 aliphatic carbocycles. The van der Waals surface area contributed by atoms with E-state index in [2.05, 4.69) is 5.48 Å². The Bertz CT molecular complexity index is 336. The monoisotopic (exact) mass is 247 g/mol. The highest BCUT2D eigenvalue weighted by atomic mass is 35.5.